The van der Waals surface area contributed by atoms with Crippen molar-refractivity contribution in [3.05, 3.63) is 76.1 Å². The number of hydrogen-bond acceptors (Lipinski definition) is 4. The molecule has 2 aliphatic rings. The Morgan fingerprint density at radius 3 is 1.50 bits per heavy atom. The maximum absolute atomic E-state index is 11.2. The smallest absolute Gasteiger partial charge is 1.00 e. The maximum Gasteiger partial charge on any atom is 2.00 e. The van der Waals surface area contributed by atoms with Crippen molar-refractivity contribution in [1.29, 1.82) is 0 Å². The zero-order valence-corrected chi connectivity index (χ0v) is 22.7. The molecule has 2 saturated carbocycles. The number of ether oxygens (including phenoxy) is 2. The molecule has 0 spiro atoms. The van der Waals surface area contributed by atoms with E-state index in [1.54, 1.807) is 24.3 Å². The second-order valence-electron chi connectivity index (χ2n) is 6.96. The molecule has 172 valence electrons. The first-order chi connectivity index (χ1) is 14.0. The standard InChI is InChI=1S/C12H14O2.C8H7BrO2.C4H7.CH4.BrH.Mg/c1-14-12(13)11-7-5-10(6-8-11)9-3-2-4-9;1-11-8(10)6-2-4-7(9)5-3-6;1-2-4-3-1;;;/h5-9H,2-4H2,1H3;2-5H,1H3;1H,2-4H2;1H4;1H;/q;;-1;;;+2/p-1. The van der Waals surface area contributed by atoms with Gasteiger partial charge in [-0.3, -0.25) is 0 Å². The van der Waals surface area contributed by atoms with Crippen LogP contribution in [0.4, 0.5) is 0 Å². The summed E-state index contributed by atoms with van der Waals surface area (Å²) in [6, 6.07) is 14.8. The second kappa shape index (κ2) is 18.5. The van der Waals surface area contributed by atoms with Gasteiger partial charge in [-0.2, -0.15) is 12.8 Å². The molecule has 7 heteroatoms. The quantitative estimate of drug-likeness (QED) is 0.317. The van der Waals surface area contributed by atoms with E-state index in [9.17, 15) is 9.59 Å². The SMILES string of the molecule is C.COC(=O)c1ccc(Br)cc1.COC(=O)c1ccc(C2CCC2)cc1.[Br-].[CH-]1CCC1.[Mg+2]. The summed E-state index contributed by atoms with van der Waals surface area (Å²) in [6.45, 7) is 0. The monoisotopic (exact) mass is 578 g/mol. The van der Waals surface area contributed by atoms with Crippen LogP contribution in [-0.2, 0) is 9.47 Å². The van der Waals surface area contributed by atoms with Gasteiger partial charge >= 0.3 is 35.0 Å². The molecule has 0 bridgehead atoms. The first-order valence-corrected chi connectivity index (χ1v) is 10.7. The van der Waals surface area contributed by atoms with E-state index in [1.807, 2.05) is 24.3 Å². The Hall–Kier alpha value is -0.894. The zero-order chi connectivity index (χ0) is 21.1. The fourth-order valence-electron chi connectivity index (χ4n) is 2.66. The van der Waals surface area contributed by atoms with Crippen molar-refractivity contribution in [2.75, 3.05) is 14.2 Å². The van der Waals surface area contributed by atoms with Gasteiger partial charge in [-0.25, -0.2) is 9.59 Å². The summed E-state index contributed by atoms with van der Waals surface area (Å²) in [5.41, 5.74) is 2.55. The van der Waals surface area contributed by atoms with E-state index in [-0.39, 0.29) is 59.4 Å². The molecular formula is C25H32Br2MgO4. The summed E-state index contributed by atoms with van der Waals surface area (Å²) in [5.74, 6) is 0.157. The fourth-order valence-corrected chi connectivity index (χ4v) is 2.92. The molecule has 32 heavy (non-hydrogen) atoms. The minimum absolute atomic E-state index is 0. The molecule has 4 nitrogen and oxygen atoms in total. The van der Waals surface area contributed by atoms with Crippen molar-refractivity contribution in [2.45, 2.75) is 51.9 Å². The van der Waals surface area contributed by atoms with Gasteiger partial charge in [-0.15, -0.1) is 6.42 Å². The van der Waals surface area contributed by atoms with Crippen molar-refractivity contribution in [1.82, 2.24) is 0 Å². The average Bonchev–Trinajstić information content (AvgIpc) is 2.66. The van der Waals surface area contributed by atoms with Gasteiger partial charge in [0.25, 0.3) is 0 Å². The predicted molar refractivity (Wildman–Crippen MR) is 130 cm³/mol. The molecule has 0 amide bonds. The van der Waals surface area contributed by atoms with E-state index < -0.39 is 0 Å². The van der Waals surface area contributed by atoms with Gasteiger partial charge in [0, 0.05) is 4.47 Å². The van der Waals surface area contributed by atoms with Crippen LogP contribution in [0.25, 0.3) is 0 Å². The van der Waals surface area contributed by atoms with E-state index in [2.05, 4.69) is 31.8 Å². The minimum Gasteiger partial charge on any atom is -1.00 e. The van der Waals surface area contributed by atoms with Crippen LogP contribution in [0.3, 0.4) is 0 Å². The van der Waals surface area contributed by atoms with Crippen LogP contribution in [0.5, 0.6) is 0 Å². The summed E-state index contributed by atoms with van der Waals surface area (Å²) in [6.07, 6.45) is 10.4. The molecule has 2 aromatic carbocycles. The molecule has 0 saturated heterocycles. The maximum atomic E-state index is 11.2. The summed E-state index contributed by atoms with van der Waals surface area (Å²) in [5, 5.41) is 0. The van der Waals surface area contributed by atoms with Crippen molar-refractivity contribution >= 4 is 50.9 Å². The van der Waals surface area contributed by atoms with E-state index in [4.69, 9.17) is 0 Å². The van der Waals surface area contributed by atoms with Gasteiger partial charge < -0.3 is 32.9 Å². The third-order valence-electron chi connectivity index (χ3n) is 4.99. The summed E-state index contributed by atoms with van der Waals surface area (Å²) in [4.78, 5) is 22.0. The van der Waals surface area contributed by atoms with Gasteiger partial charge in [0.1, 0.15) is 0 Å². The molecule has 0 aliphatic heterocycles. The van der Waals surface area contributed by atoms with Gasteiger partial charge in [0.15, 0.2) is 0 Å². The number of methoxy groups -OCH3 is 2. The number of carbonyl (C=O) groups excluding carboxylic acids is 2. The van der Waals surface area contributed by atoms with Crippen molar-refractivity contribution < 1.29 is 36.0 Å². The van der Waals surface area contributed by atoms with E-state index in [0.29, 0.717) is 11.1 Å². The second-order valence-corrected chi connectivity index (χ2v) is 7.88. The van der Waals surface area contributed by atoms with Gasteiger partial charge in [-0.05, 0) is 60.7 Å². The van der Waals surface area contributed by atoms with Crippen LogP contribution in [0.1, 0.15) is 78.1 Å². The largest absolute Gasteiger partial charge is 2.00 e. The Morgan fingerprint density at radius 2 is 1.22 bits per heavy atom. The molecule has 0 aromatic heterocycles. The molecule has 0 unspecified atom stereocenters. The van der Waals surface area contributed by atoms with Crippen LogP contribution < -0.4 is 17.0 Å². The van der Waals surface area contributed by atoms with Gasteiger partial charge in [-0.1, -0.05) is 41.9 Å². The number of rotatable bonds is 3. The summed E-state index contributed by atoms with van der Waals surface area (Å²) in [7, 11) is 2.77. The molecule has 0 N–H and O–H groups in total. The number of benzene rings is 2. The van der Waals surface area contributed by atoms with E-state index in [1.165, 1.54) is 58.3 Å². The zero-order valence-electron chi connectivity index (χ0n) is 18.1. The molecule has 2 aromatic rings. The third kappa shape index (κ3) is 11.3. The van der Waals surface area contributed by atoms with Crippen LogP contribution in [0.15, 0.2) is 53.0 Å². The Bertz CT molecular complexity index is 768. The predicted octanol–water partition coefficient (Wildman–Crippen LogP) is 3.61. The fraction of sp³-hybridized carbons (Fsp3) is 0.400. The van der Waals surface area contributed by atoms with Crippen LogP contribution >= 0.6 is 15.9 Å². The number of hydrogen-bond donors (Lipinski definition) is 0. The number of carbonyl (C=O) groups is 2. The Labute approximate surface area is 227 Å². The van der Waals surface area contributed by atoms with E-state index in [0.717, 1.165) is 10.4 Å². The first-order valence-electron chi connectivity index (χ1n) is 9.89. The molecule has 0 atom stereocenters. The third-order valence-corrected chi connectivity index (χ3v) is 5.52. The molecular weight excluding hydrogens is 548 g/mol. The van der Waals surface area contributed by atoms with Gasteiger partial charge in [0.2, 0.25) is 0 Å². The Balaban J connectivity index is 0. The molecule has 0 radical (unpaired) electrons. The number of esters is 2. The molecule has 2 aliphatic carbocycles. The molecule has 4 rings (SSSR count). The van der Waals surface area contributed by atoms with Crippen molar-refractivity contribution in [3.63, 3.8) is 0 Å². The summed E-state index contributed by atoms with van der Waals surface area (Å²) >= 11 is 3.26. The topological polar surface area (TPSA) is 52.6 Å². The van der Waals surface area contributed by atoms with Crippen LogP contribution in [-0.4, -0.2) is 49.2 Å². The number of halogens is 2. The minimum atomic E-state index is -0.308. The van der Waals surface area contributed by atoms with Crippen molar-refractivity contribution in [3.8, 4) is 0 Å². The Kier molecular flexibility index (Phi) is 19.3. The normalized spacial score (nSPS) is 13.2. The molecule has 2 fully saturated rings. The van der Waals surface area contributed by atoms with Gasteiger partial charge in [0.05, 0.1) is 25.3 Å². The van der Waals surface area contributed by atoms with Crippen molar-refractivity contribution in [2.24, 2.45) is 0 Å². The van der Waals surface area contributed by atoms with Crippen LogP contribution in [0, 0.1) is 6.42 Å². The molecule has 0 heterocycles. The average molecular weight is 581 g/mol. The first kappa shape index (κ1) is 33.3. The van der Waals surface area contributed by atoms with Crippen LogP contribution in [0.2, 0.25) is 0 Å². The summed E-state index contributed by atoms with van der Waals surface area (Å²) < 4.78 is 10.1. The van der Waals surface area contributed by atoms with E-state index >= 15 is 0 Å². The Morgan fingerprint density at radius 1 is 0.844 bits per heavy atom.